The minimum Gasteiger partial charge on any atom is -0.386 e. The SMILES string of the molecule is CC(C)(O)c1cc2ccccc2cc1-c1cccc(Br)c1. The Balaban J connectivity index is 2.33. The van der Waals surface area contributed by atoms with Crippen molar-refractivity contribution in [3.05, 3.63) is 70.7 Å². The van der Waals surface area contributed by atoms with Crippen LogP contribution in [0.2, 0.25) is 0 Å². The monoisotopic (exact) mass is 340 g/mol. The predicted molar refractivity (Wildman–Crippen MR) is 92.3 cm³/mol. The van der Waals surface area contributed by atoms with Crippen LogP contribution in [-0.2, 0) is 5.60 Å². The lowest BCUT2D eigenvalue weighted by Gasteiger charge is -2.23. The van der Waals surface area contributed by atoms with Gasteiger partial charge in [0.2, 0.25) is 0 Å². The van der Waals surface area contributed by atoms with Crippen LogP contribution >= 0.6 is 15.9 Å². The van der Waals surface area contributed by atoms with Gasteiger partial charge < -0.3 is 5.11 Å². The number of fused-ring (bicyclic) bond motifs is 1. The number of hydrogen-bond donors (Lipinski definition) is 1. The lowest BCUT2D eigenvalue weighted by atomic mass is 9.87. The molecule has 0 radical (unpaired) electrons. The van der Waals surface area contributed by atoms with Crippen LogP contribution in [-0.4, -0.2) is 5.11 Å². The first-order valence-electron chi connectivity index (χ1n) is 6.97. The Hall–Kier alpha value is -1.64. The van der Waals surface area contributed by atoms with Crippen molar-refractivity contribution in [3.8, 4) is 11.1 Å². The molecule has 3 aromatic rings. The molecule has 0 saturated carbocycles. The third kappa shape index (κ3) is 2.87. The Morgan fingerprint density at radius 1 is 0.857 bits per heavy atom. The van der Waals surface area contributed by atoms with Crippen molar-refractivity contribution in [2.24, 2.45) is 0 Å². The highest BCUT2D eigenvalue weighted by Gasteiger charge is 2.21. The highest BCUT2D eigenvalue weighted by Crippen LogP contribution is 2.35. The fourth-order valence-corrected chi connectivity index (χ4v) is 3.04. The maximum atomic E-state index is 10.5. The average molecular weight is 341 g/mol. The zero-order valence-electron chi connectivity index (χ0n) is 12.1. The fraction of sp³-hybridized carbons (Fsp3) is 0.158. The average Bonchev–Trinajstić information content (AvgIpc) is 2.45. The Morgan fingerprint density at radius 2 is 1.52 bits per heavy atom. The van der Waals surface area contributed by atoms with Gasteiger partial charge in [-0.3, -0.25) is 0 Å². The first-order valence-corrected chi connectivity index (χ1v) is 7.76. The van der Waals surface area contributed by atoms with Crippen LogP contribution in [0.1, 0.15) is 19.4 Å². The first-order chi connectivity index (χ1) is 9.95. The Labute approximate surface area is 133 Å². The van der Waals surface area contributed by atoms with E-state index in [1.54, 1.807) is 0 Å². The molecule has 0 unspecified atom stereocenters. The summed E-state index contributed by atoms with van der Waals surface area (Å²) < 4.78 is 1.04. The normalized spacial score (nSPS) is 11.8. The van der Waals surface area contributed by atoms with Gasteiger partial charge in [0.05, 0.1) is 5.60 Å². The molecule has 0 aliphatic rings. The molecule has 21 heavy (non-hydrogen) atoms. The van der Waals surface area contributed by atoms with E-state index in [9.17, 15) is 5.11 Å². The molecule has 0 atom stereocenters. The summed E-state index contributed by atoms with van der Waals surface area (Å²) in [6, 6.07) is 20.7. The van der Waals surface area contributed by atoms with Gasteiger partial charge in [0, 0.05) is 4.47 Å². The molecule has 3 aromatic carbocycles. The van der Waals surface area contributed by atoms with E-state index < -0.39 is 5.60 Å². The van der Waals surface area contributed by atoms with Crippen LogP contribution in [0.15, 0.2) is 65.1 Å². The molecule has 0 aromatic heterocycles. The van der Waals surface area contributed by atoms with Crippen molar-refractivity contribution in [2.45, 2.75) is 19.4 Å². The molecule has 106 valence electrons. The highest BCUT2D eigenvalue weighted by atomic mass is 79.9. The maximum Gasteiger partial charge on any atom is 0.0846 e. The van der Waals surface area contributed by atoms with Crippen LogP contribution < -0.4 is 0 Å². The van der Waals surface area contributed by atoms with Gasteiger partial charge in [0.25, 0.3) is 0 Å². The summed E-state index contributed by atoms with van der Waals surface area (Å²) in [5, 5.41) is 12.9. The summed E-state index contributed by atoms with van der Waals surface area (Å²) in [6.07, 6.45) is 0. The molecule has 0 bridgehead atoms. The predicted octanol–water partition coefficient (Wildman–Crippen LogP) is 5.50. The second-order valence-electron chi connectivity index (χ2n) is 5.81. The summed E-state index contributed by atoms with van der Waals surface area (Å²) in [4.78, 5) is 0. The molecule has 0 amide bonds. The van der Waals surface area contributed by atoms with E-state index in [4.69, 9.17) is 0 Å². The molecule has 0 saturated heterocycles. The van der Waals surface area contributed by atoms with Gasteiger partial charge in [-0.05, 0) is 65.6 Å². The molecule has 0 fully saturated rings. The molecule has 1 N–H and O–H groups in total. The van der Waals surface area contributed by atoms with E-state index in [2.05, 4.69) is 52.3 Å². The van der Waals surface area contributed by atoms with E-state index in [-0.39, 0.29) is 0 Å². The van der Waals surface area contributed by atoms with Gasteiger partial charge >= 0.3 is 0 Å². The quantitative estimate of drug-likeness (QED) is 0.653. The molecular weight excluding hydrogens is 324 g/mol. The Bertz CT molecular complexity index is 800. The lowest BCUT2D eigenvalue weighted by molar-refractivity contribution is 0.0793. The van der Waals surface area contributed by atoms with Crippen LogP contribution in [0.4, 0.5) is 0 Å². The van der Waals surface area contributed by atoms with E-state index in [0.29, 0.717) is 0 Å². The second kappa shape index (κ2) is 5.28. The van der Waals surface area contributed by atoms with Crippen molar-refractivity contribution in [1.29, 1.82) is 0 Å². The maximum absolute atomic E-state index is 10.5. The summed E-state index contributed by atoms with van der Waals surface area (Å²) in [5.74, 6) is 0. The lowest BCUT2D eigenvalue weighted by Crippen LogP contribution is -2.16. The van der Waals surface area contributed by atoms with Gasteiger partial charge in [0.15, 0.2) is 0 Å². The summed E-state index contributed by atoms with van der Waals surface area (Å²) in [6.45, 7) is 3.66. The molecule has 0 heterocycles. The summed E-state index contributed by atoms with van der Waals surface area (Å²) >= 11 is 3.52. The van der Waals surface area contributed by atoms with Crippen LogP contribution in [0.3, 0.4) is 0 Å². The molecule has 0 aliphatic carbocycles. The standard InChI is InChI=1S/C19H17BrO/c1-19(2,21)18-12-14-7-4-3-6-13(14)11-17(18)15-8-5-9-16(20)10-15/h3-12,21H,1-2H3. The number of hydrogen-bond acceptors (Lipinski definition) is 1. The Kier molecular flexibility index (Phi) is 3.60. The molecule has 2 heteroatoms. The van der Waals surface area contributed by atoms with Gasteiger partial charge in [-0.2, -0.15) is 0 Å². The largest absolute Gasteiger partial charge is 0.386 e. The molecular formula is C19H17BrO. The highest BCUT2D eigenvalue weighted by molar-refractivity contribution is 9.10. The van der Waals surface area contributed by atoms with Crippen molar-refractivity contribution in [1.82, 2.24) is 0 Å². The number of benzene rings is 3. The minimum absolute atomic E-state index is 0.887. The number of rotatable bonds is 2. The smallest absolute Gasteiger partial charge is 0.0846 e. The van der Waals surface area contributed by atoms with Crippen molar-refractivity contribution in [3.63, 3.8) is 0 Å². The molecule has 0 aliphatic heterocycles. The van der Waals surface area contributed by atoms with Crippen molar-refractivity contribution in [2.75, 3.05) is 0 Å². The van der Waals surface area contributed by atoms with Gasteiger partial charge in [-0.15, -0.1) is 0 Å². The van der Waals surface area contributed by atoms with Crippen LogP contribution in [0.5, 0.6) is 0 Å². The van der Waals surface area contributed by atoms with Crippen molar-refractivity contribution < 1.29 is 5.11 Å². The number of aliphatic hydroxyl groups is 1. The van der Waals surface area contributed by atoms with E-state index in [1.807, 2.05) is 38.1 Å². The fourth-order valence-electron chi connectivity index (χ4n) is 2.64. The zero-order chi connectivity index (χ0) is 15.0. The summed E-state index contributed by atoms with van der Waals surface area (Å²) in [7, 11) is 0. The van der Waals surface area contributed by atoms with Crippen LogP contribution in [0, 0.1) is 0 Å². The minimum atomic E-state index is -0.887. The third-order valence-electron chi connectivity index (χ3n) is 3.68. The molecule has 3 rings (SSSR count). The van der Waals surface area contributed by atoms with Crippen LogP contribution in [0.25, 0.3) is 21.9 Å². The van der Waals surface area contributed by atoms with Gasteiger partial charge in [-0.1, -0.05) is 52.3 Å². The van der Waals surface area contributed by atoms with E-state index in [0.717, 1.165) is 26.5 Å². The Morgan fingerprint density at radius 3 is 2.14 bits per heavy atom. The zero-order valence-corrected chi connectivity index (χ0v) is 13.7. The summed E-state index contributed by atoms with van der Waals surface area (Å²) in [5.41, 5.74) is 2.23. The van der Waals surface area contributed by atoms with E-state index in [1.165, 1.54) is 5.39 Å². The molecule has 0 spiro atoms. The van der Waals surface area contributed by atoms with Gasteiger partial charge in [-0.25, -0.2) is 0 Å². The second-order valence-corrected chi connectivity index (χ2v) is 6.73. The number of halogens is 1. The first kappa shape index (κ1) is 14.3. The third-order valence-corrected chi connectivity index (χ3v) is 4.17. The topological polar surface area (TPSA) is 20.2 Å². The van der Waals surface area contributed by atoms with Crippen molar-refractivity contribution >= 4 is 26.7 Å². The molecule has 1 nitrogen and oxygen atoms in total. The van der Waals surface area contributed by atoms with E-state index >= 15 is 0 Å². The van der Waals surface area contributed by atoms with Gasteiger partial charge in [0.1, 0.15) is 0 Å².